The molecule has 2 fully saturated rings. The minimum Gasteiger partial charge on any atom is -0.247 e. The van der Waals surface area contributed by atoms with Gasteiger partial charge in [0.25, 0.3) is 0 Å². The summed E-state index contributed by atoms with van der Waals surface area (Å²) in [6, 6.07) is 9.51. The molecule has 0 N–H and O–H groups in total. The van der Waals surface area contributed by atoms with Gasteiger partial charge in [-0.1, -0.05) is 62.6 Å². The lowest BCUT2D eigenvalue weighted by molar-refractivity contribution is 0.157. The van der Waals surface area contributed by atoms with Crippen LogP contribution in [0.4, 0.5) is 4.39 Å². The molecule has 0 aromatic heterocycles. The fourth-order valence-electron chi connectivity index (χ4n) is 5.63. The summed E-state index contributed by atoms with van der Waals surface area (Å²) in [6.07, 6.45) is 19.9. The Morgan fingerprint density at radius 1 is 0.852 bits per heavy atom. The summed E-state index contributed by atoms with van der Waals surface area (Å²) < 4.78 is 12.1. The van der Waals surface area contributed by atoms with Gasteiger partial charge in [-0.3, -0.25) is 0 Å². The van der Waals surface area contributed by atoms with E-state index >= 15 is 0 Å². The molecular weight excluding hydrogens is 331 g/mol. The molecule has 0 saturated heterocycles. The van der Waals surface area contributed by atoms with E-state index in [1.54, 1.807) is 11.6 Å². The van der Waals surface area contributed by atoms with Crippen LogP contribution in [0, 0.1) is 17.8 Å². The van der Waals surface area contributed by atoms with E-state index in [2.05, 4.69) is 31.2 Å². The average molecular weight is 371 g/mol. The lowest BCUT2D eigenvalue weighted by Crippen LogP contribution is -2.25. The second kappa shape index (κ2) is 11.0. The van der Waals surface area contributed by atoms with Crippen molar-refractivity contribution in [3.8, 4) is 0 Å². The monoisotopic (exact) mass is 370 g/mol. The molecule has 0 nitrogen and oxygen atoms in total. The molecule has 0 aliphatic heterocycles. The van der Waals surface area contributed by atoms with Crippen molar-refractivity contribution in [2.24, 2.45) is 17.8 Å². The number of hydrogen-bond donors (Lipinski definition) is 0. The Balaban J connectivity index is 1.39. The van der Waals surface area contributed by atoms with Crippen molar-refractivity contribution in [1.29, 1.82) is 0 Å². The highest BCUT2D eigenvalue weighted by atomic mass is 19.1. The van der Waals surface area contributed by atoms with Crippen molar-refractivity contribution in [2.45, 2.75) is 89.9 Å². The van der Waals surface area contributed by atoms with E-state index in [-0.39, 0.29) is 6.67 Å². The SMILES string of the molecule is CCCc1ccc(C2CCC([C@H]3CC[C@H](CC/C=C/CF)CC3)CC2)cc1. The lowest BCUT2D eigenvalue weighted by Gasteiger charge is -2.38. The largest absolute Gasteiger partial charge is 0.247 e. The smallest absolute Gasteiger partial charge is 0.108 e. The Morgan fingerprint density at radius 3 is 2.07 bits per heavy atom. The number of benzene rings is 1. The van der Waals surface area contributed by atoms with Gasteiger partial charge in [-0.25, -0.2) is 4.39 Å². The molecule has 2 aliphatic rings. The number of hydrogen-bond acceptors (Lipinski definition) is 0. The quantitative estimate of drug-likeness (QED) is 0.406. The first kappa shape index (κ1) is 20.6. The first-order valence-electron chi connectivity index (χ1n) is 11.6. The standard InChI is InChI=1S/C26H39F/c1-2-6-21-8-12-23(13-9-21)25-16-18-26(19-17-25)24-14-10-22(11-15-24)7-4-3-5-20-27/h3,5,8-9,12-13,22,24-26H,2,4,6-7,10-11,14-20H2,1H3/b5-3+/t22-,24-,25?,26?. The van der Waals surface area contributed by atoms with Crippen LogP contribution in [-0.2, 0) is 6.42 Å². The van der Waals surface area contributed by atoms with Crippen LogP contribution < -0.4 is 0 Å². The number of rotatable bonds is 8. The Hall–Kier alpha value is -1.11. The van der Waals surface area contributed by atoms with Crippen molar-refractivity contribution in [2.75, 3.05) is 6.67 Å². The highest BCUT2D eigenvalue weighted by molar-refractivity contribution is 5.26. The summed E-state index contributed by atoms with van der Waals surface area (Å²) in [5.74, 6) is 3.66. The van der Waals surface area contributed by atoms with Gasteiger partial charge in [0.2, 0.25) is 0 Å². The maximum absolute atomic E-state index is 12.1. The maximum Gasteiger partial charge on any atom is 0.108 e. The molecule has 0 unspecified atom stereocenters. The Bertz CT molecular complexity index is 542. The highest BCUT2D eigenvalue weighted by Crippen LogP contribution is 2.44. The third kappa shape index (κ3) is 6.19. The highest BCUT2D eigenvalue weighted by Gasteiger charge is 2.31. The Kier molecular flexibility index (Phi) is 8.42. The van der Waals surface area contributed by atoms with Crippen LogP contribution in [0.15, 0.2) is 36.4 Å². The topological polar surface area (TPSA) is 0 Å². The van der Waals surface area contributed by atoms with Gasteiger partial charge >= 0.3 is 0 Å². The predicted octanol–water partition coefficient (Wildman–Crippen LogP) is 8.03. The molecule has 1 heteroatoms. The van der Waals surface area contributed by atoms with E-state index in [1.807, 2.05) is 6.08 Å². The number of aryl methyl sites for hydroxylation is 1. The summed E-state index contributed by atoms with van der Waals surface area (Å²) in [4.78, 5) is 0. The fraction of sp³-hybridized carbons (Fsp3) is 0.692. The molecule has 0 heterocycles. The molecule has 3 rings (SSSR count). The normalized spacial score (nSPS) is 29.3. The van der Waals surface area contributed by atoms with Crippen LogP contribution in [0.2, 0.25) is 0 Å². The average Bonchev–Trinajstić information content (AvgIpc) is 2.73. The van der Waals surface area contributed by atoms with E-state index in [9.17, 15) is 4.39 Å². The molecule has 0 spiro atoms. The molecule has 0 bridgehead atoms. The molecule has 0 amide bonds. The van der Waals surface area contributed by atoms with Gasteiger partial charge in [-0.05, 0) is 92.6 Å². The van der Waals surface area contributed by atoms with Crippen LogP contribution in [0.5, 0.6) is 0 Å². The Labute approximate surface area is 166 Å². The summed E-state index contributed by atoms with van der Waals surface area (Å²) in [5.41, 5.74) is 3.07. The molecule has 1 aromatic carbocycles. The van der Waals surface area contributed by atoms with Gasteiger partial charge < -0.3 is 0 Å². The molecule has 2 saturated carbocycles. The molecule has 27 heavy (non-hydrogen) atoms. The van der Waals surface area contributed by atoms with Crippen LogP contribution in [0.25, 0.3) is 0 Å². The van der Waals surface area contributed by atoms with E-state index < -0.39 is 0 Å². The zero-order chi connectivity index (χ0) is 18.9. The zero-order valence-corrected chi connectivity index (χ0v) is 17.3. The van der Waals surface area contributed by atoms with E-state index in [0.717, 1.165) is 30.1 Å². The molecular formula is C26H39F. The first-order valence-corrected chi connectivity index (χ1v) is 11.6. The van der Waals surface area contributed by atoms with Gasteiger partial charge in [-0.15, -0.1) is 0 Å². The van der Waals surface area contributed by atoms with Gasteiger partial charge in [0.15, 0.2) is 0 Å². The van der Waals surface area contributed by atoms with E-state index in [4.69, 9.17) is 0 Å². The molecule has 2 aliphatic carbocycles. The number of allylic oxidation sites excluding steroid dienone is 2. The van der Waals surface area contributed by atoms with Crippen molar-refractivity contribution in [3.63, 3.8) is 0 Å². The van der Waals surface area contributed by atoms with E-state index in [1.165, 1.54) is 76.2 Å². The fourth-order valence-corrected chi connectivity index (χ4v) is 5.63. The third-order valence-electron chi connectivity index (χ3n) is 7.32. The van der Waals surface area contributed by atoms with E-state index in [0.29, 0.717) is 0 Å². The van der Waals surface area contributed by atoms with Gasteiger partial charge in [0.1, 0.15) is 6.67 Å². The molecule has 0 radical (unpaired) electrons. The minimum atomic E-state index is -0.307. The number of halogens is 1. The van der Waals surface area contributed by atoms with Crippen molar-refractivity contribution < 1.29 is 4.39 Å². The van der Waals surface area contributed by atoms with Crippen LogP contribution in [0.3, 0.4) is 0 Å². The van der Waals surface area contributed by atoms with Gasteiger partial charge in [0, 0.05) is 0 Å². The summed E-state index contributed by atoms with van der Waals surface area (Å²) in [6.45, 7) is 1.95. The maximum atomic E-state index is 12.1. The lowest BCUT2D eigenvalue weighted by atomic mass is 9.68. The van der Waals surface area contributed by atoms with Crippen LogP contribution >= 0.6 is 0 Å². The second-order valence-electron chi connectivity index (χ2n) is 9.09. The van der Waals surface area contributed by atoms with Crippen molar-refractivity contribution in [1.82, 2.24) is 0 Å². The molecule has 1 aromatic rings. The van der Waals surface area contributed by atoms with Gasteiger partial charge in [-0.2, -0.15) is 0 Å². The summed E-state index contributed by atoms with van der Waals surface area (Å²) >= 11 is 0. The summed E-state index contributed by atoms with van der Waals surface area (Å²) in [5, 5.41) is 0. The van der Waals surface area contributed by atoms with Crippen LogP contribution in [0.1, 0.15) is 94.6 Å². The van der Waals surface area contributed by atoms with Crippen molar-refractivity contribution in [3.05, 3.63) is 47.5 Å². The molecule has 150 valence electrons. The van der Waals surface area contributed by atoms with Crippen molar-refractivity contribution >= 4 is 0 Å². The minimum absolute atomic E-state index is 0.307. The summed E-state index contributed by atoms with van der Waals surface area (Å²) in [7, 11) is 0. The third-order valence-corrected chi connectivity index (χ3v) is 7.32. The zero-order valence-electron chi connectivity index (χ0n) is 17.3. The number of alkyl halides is 1. The van der Waals surface area contributed by atoms with Gasteiger partial charge in [0.05, 0.1) is 0 Å². The second-order valence-corrected chi connectivity index (χ2v) is 9.09. The first-order chi connectivity index (χ1) is 13.3. The predicted molar refractivity (Wildman–Crippen MR) is 115 cm³/mol. The van der Waals surface area contributed by atoms with Crippen LogP contribution in [-0.4, -0.2) is 6.67 Å². The Morgan fingerprint density at radius 2 is 1.48 bits per heavy atom. The molecule has 0 atom stereocenters.